The number of carbonyl (C=O) groups excluding carboxylic acids is 4. The molecule has 0 saturated heterocycles. The highest BCUT2D eigenvalue weighted by Crippen LogP contribution is 2.31. The lowest BCUT2D eigenvalue weighted by Crippen LogP contribution is -2.32. The molecule has 42 heavy (non-hydrogen) atoms. The van der Waals surface area contributed by atoms with Crippen LogP contribution in [0.15, 0.2) is 43.4 Å². The monoisotopic (exact) mass is 653 g/mol. The first-order chi connectivity index (χ1) is 20.0. The first kappa shape index (κ1) is 32.8. The minimum Gasteiger partial charge on any atom is -0.508 e. The van der Waals surface area contributed by atoms with Crippen molar-refractivity contribution in [3.05, 3.63) is 50.2 Å². The highest BCUT2D eigenvalue weighted by atomic mass is 79.9. The maximum absolute atomic E-state index is 13.1. The number of esters is 1. The predicted octanol–water partition coefficient (Wildman–Crippen LogP) is 2.51. The van der Waals surface area contributed by atoms with Crippen LogP contribution in [0, 0.1) is 11.8 Å². The van der Waals surface area contributed by atoms with Crippen molar-refractivity contribution in [2.45, 2.75) is 39.2 Å². The number of aliphatic hydroxyl groups excluding tert-OH is 3. The van der Waals surface area contributed by atoms with Crippen LogP contribution in [0.5, 0.6) is 5.75 Å². The minimum absolute atomic E-state index is 0.00428. The topological polar surface area (TPSA) is 199 Å². The summed E-state index contributed by atoms with van der Waals surface area (Å²) in [6.45, 7) is 2.82. The van der Waals surface area contributed by atoms with E-state index >= 15 is 0 Å². The number of carbonyl (C=O) groups is 4. The molecule has 3 atom stereocenters. The summed E-state index contributed by atoms with van der Waals surface area (Å²) < 4.78 is 21.5. The molecule has 0 spiro atoms. The summed E-state index contributed by atoms with van der Waals surface area (Å²) in [5.74, 6) is -5.89. The first-order valence-corrected chi connectivity index (χ1v) is 14.0. The van der Waals surface area contributed by atoms with Gasteiger partial charge >= 0.3 is 11.6 Å². The third-order valence-electron chi connectivity index (χ3n) is 6.50. The first-order valence-electron chi connectivity index (χ1n) is 13.2. The molecule has 1 aromatic heterocycles. The molecule has 1 aliphatic rings. The van der Waals surface area contributed by atoms with E-state index in [2.05, 4.69) is 21.2 Å². The lowest BCUT2D eigenvalue weighted by molar-refractivity contribution is -0.148. The molecule has 0 fully saturated rings. The van der Waals surface area contributed by atoms with Gasteiger partial charge in [0, 0.05) is 30.8 Å². The summed E-state index contributed by atoms with van der Waals surface area (Å²) in [7, 11) is 0. The largest absolute Gasteiger partial charge is 0.508 e. The minimum atomic E-state index is -1.38. The van der Waals surface area contributed by atoms with Gasteiger partial charge in [0.25, 0.3) is 0 Å². The Kier molecular flexibility index (Phi) is 11.6. The zero-order valence-corrected chi connectivity index (χ0v) is 24.6. The van der Waals surface area contributed by atoms with Crippen LogP contribution in [0.25, 0.3) is 11.0 Å². The second-order valence-electron chi connectivity index (χ2n) is 9.49. The van der Waals surface area contributed by atoms with Gasteiger partial charge in [0.05, 0.1) is 29.5 Å². The standard InChI is InChI=1S/C28H32BrNO12/c1-3-30-24(34)6-5-14(27(37)40-4-2)9-19(31)16-7-15-8-18(29)23(10-22(15)42-28(16)38)41-13-20(32)17-11-39-12-21(33)26(36)25(17)35/h7-8,10,14,17,20,32,35-36H,3-6,9,11-13H2,1-2H3,(H,30,34)/t14-,17?,20?/m1/s1. The van der Waals surface area contributed by atoms with Crippen LogP contribution in [0.4, 0.5) is 0 Å². The molecule has 3 rings (SSSR count). The summed E-state index contributed by atoms with van der Waals surface area (Å²) in [5, 5.41) is 33.4. The summed E-state index contributed by atoms with van der Waals surface area (Å²) >= 11 is 3.33. The van der Waals surface area contributed by atoms with Crippen molar-refractivity contribution in [3.8, 4) is 5.75 Å². The Morgan fingerprint density at radius 3 is 2.60 bits per heavy atom. The van der Waals surface area contributed by atoms with Gasteiger partial charge in [-0.3, -0.25) is 19.2 Å². The highest BCUT2D eigenvalue weighted by molar-refractivity contribution is 9.10. The van der Waals surface area contributed by atoms with Crippen molar-refractivity contribution in [1.29, 1.82) is 0 Å². The van der Waals surface area contributed by atoms with Crippen LogP contribution in [-0.4, -0.2) is 77.8 Å². The second-order valence-corrected chi connectivity index (χ2v) is 10.3. The number of amides is 1. The van der Waals surface area contributed by atoms with Gasteiger partial charge in [-0.2, -0.15) is 0 Å². The van der Waals surface area contributed by atoms with Gasteiger partial charge in [-0.25, -0.2) is 4.79 Å². The van der Waals surface area contributed by atoms with E-state index in [0.29, 0.717) is 16.4 Å². The lowest BCUT2D eigenvalue weighted by Gasteiger charge is -2.21. The number of nitrogens with one attached hydrogen (secondary N) is 1. The molecule has 1 amide bonds. The normalized spacial score (nSPS) is 17.0. The van der Waals surface area contributed by atoms with Crippen LogP contribution >= 0.6 is 15.9 Å². The van der Waals surface area contributed by atoms with E-state index in [1.165, 1.54) is 18.2 Å². The van der Waals surface area contributed by atoms with Crippen molar-refractivity contribution in [2.75, 3.05) is 33.0 Å². The fourth-order valence-corrected chi connectivity index (χ4v) is 4.72. The molecule has 13 nitrogen and oxygen atoms in total. The van der Waals surface area contributed by atoms with E-state index in [1.807, 2.05) is 0 Å². The molecule has 1 aromatic carbocycles. The number of hydrogen-bond donors (Lipinski definition) is 4. The molecule has 0 radical (unpaired) electrons. The number of ether oxygens (including phenoxy) is 3. The predicted molar refractivity (Wildman–Crippen MR) is 150 cm³/mol. The van der Waals surface area contributed by atoms with E-state index in [-0.39, 0.29) is 55.3 Å². The van der Waals surface area contributed by atoms with Crippen molar-refractivity contribution in [2.24, 2.45) is 11.8 Å². The number of ketones is 2. The molecule has 2 unspecified atom stereocenters. The molecular weight excluding hydrogens is 622 g/mol. The Balaban J connectivity index is 1.77. The molecule has 2 heterocycles. The third kappa shape index (κ3) is 8.17. The molecule has 1 aliphatic heterocycles. The van der Waals surface area contributed by atoms with Gasteiger partial charge in [-0.1, -0.05) is 0 Å². The maximum atomic E-state index is 13.1. The number of hydrogen-bond acceptors (Lipinski definition) is 12. The summed E-state index contributed by atoms with van der Waals surface area (Å²) in [6.07, 6.45) is -1.68. The smallest absolute Gasteiger partial charge is 0.347 e. The molecule has 0 bridgehead atoms. The number of rotatable bonds is 13. The second kappa shape index (κ2) is 14.9. The Labute approximate surface area is 248 Å². The molecule has 2 aromatic rings. The third-order valence-corrected chi connectivity index (χ3v) is 7.11. The van der Waals surface area contributed by atoms with Gasteiger partial charge in [-0.05, 0) is 48.3 Å². The summed E-state index contributed by atoms with van der Waals surface area (Å²) in [4.78, 5) is 61.7. The van der Waals surface area contributed by atoms with Gasteiger partial charge in [0.15, 0.2) is 11.5 Å². The van der Waals surface area contributed by atoms with E-state index in [4.69, 9.17) is 18.6 Å². The van der Waals surface area contributed by atoms with E-state index in [0.717, 1.165) is 0 Å². The zero-order chi connectivity index (χ0) is 31.0. The summed E-state index contributed by atoms with van der Waals surface area (Å²) in [6, 6.07) is 4.20. The van der Waals surface area contributed by atoms with E-state index in [9.17, 15) is 39.3 Å². The van der Waals surface area contributed by atoms with Gasteiger partial charge < -0.3 is 39.3 Å². The van der Waals surface area contributed by atoms with Crippen LogP contribution < -0.4 is 15.7 Å². The number of Topliss-reactive ketones (excluding diaryl/α,β-unsaturated/α-hetero) is 2. The van der Waals surface area contributed by atoms with Gasteiger partial charge in [-0.15, -0.1) is 0 Å². The summed E-state index contributed by atoms with van der Waals surface area (Å²) in [5.41, 5.74) is -1.17. The molecule has 4 N–H and O–H groups in total. The number of fused-ring (bicyclic) bond motifs is 1. The number of halogens is 1. The number of aliphatic hydroxyl groups is 3. The van der Waals surface area contributed by atoms with Crippen LogP contribution in [0.3, 0.4) is 0 Å². The van der Waals surface area contributed by atoms with E-state index in [1.54, 1.807) is 13.8 Å². The Bertz CT molecular complexity index is 1430. The van der Waals surface area contributed by atoms with Crippen LogP contribution in [-0.2, 0) is 23.9 Å². The van der Waals surface area contributed by atoms with Crippen molar-refractivity contribution in [3.63, 3.8) is 0 Å². The maximum Gasteiger partial charge on any atom is 0.347 e. The average Bonchev–Trinajstić information content (AvgIpc) is 3.07. The molecule has 14 heteroatoms. The van der Waals surface area contributed by atoms with Crippen molar-refractivity contribution < 1.29 is 53.1 Å². The molecule has 0 saturated carbocycles. The molecule has 0 aliphatic carbocycles. The van der Waals surface area contributed by atoms with Crippen LogP contribution in [0.2, 0.25) is 0 Å². The SMILES string of the molecule is CCNC(=O)CC[C@H](CC(=O)c1cc2cc(Br)c(OCC(O)C3COCC(=O)C(O)=C3O)cc2oc1=O)C(=O)OCC. The Morgan fingerprint density at radius 1 is 1.17 bits per heavy atom. The fourth-order valence-electron chi connectivity index (χ4n) is 4.24. The molecular formula is C28H32BrNO12. The highest BCUT2D eigenvalue weighted by Gasteiger charge is 2.32. The van der Waals surface area contributed by atoms with Gasteiger partial charge in [0.1, 0.15) is 42.0 Å². The molecule has 228 valence electrons. The number of benzene rings is 1. The van der Waals surface area contributed by atoms with E-state index < -0.39 is 65.8 Å². The fraction of sp³-hybridized carbons (Fsp3) is 0.464. The average molecular weight is 654 g/mol. The van der Waals surface area contributed by atoms with Crippen LogP contribution in [0.1, 0.15) is 43.5 Å². The Hall–Kier alpha value is -3.75. The zero-order valence-electron chi connectivity index (χ0n) is 23.0. The Morgan fingerprint density at radius 2 is 1.90 bits per heavy atom. The van der Waals surface area contributed by atoms with Gasteiger partial charge in [0.2, 0.25) is 11.7 Å². The quantitative estimate of drug-likeness (QED) is 0.140. The van der Waals surface area contributed by atoms with Crippen molar-refractivity contribution >= 4 is 50.3 Å². The lowest BCUT2D eigenvalue weighted by atomic mass is 9.94. The van der Waals surface area contributed by atoms with Crippen molar-refractivity contribution in [1.82, 2.24) is 5.32 Å².